The van der Waals surface area contributed by atoms with Crippen LogP contribution in [0.5, 0.6) is 5.75 Å². The number of aromatic nitrogens is 1. The Morgan fingerprint density at radius 3 is 2.53 bits per heavy atom. The van der Waals surface area contributed by atoms with E-state index in [1.807, 2.05) is 36.4 Å². The molecule has 34 heavy (non-hydrogen) atoms. The van der Waals surface area contributed by atoms with Crippen LogP contribution in [0.3, 0.4) is 0 Å². The molecular weight excluding hydrogens is 434 g/mol. The SMILES string of the molecule is COc1ccc(CC(=O)Nc2cccc(-c3nc(CNC(=O)c4ccoc4C)c(C)o3)c2)cc1. The Morgan fingerprint density at radius 1 is 1.03 bits per heavy atom. The van der Waals surface area contributed by atoms with Gasteiger partial charge in [-0.15, -0.1) is 0 Å². The fraction of sp³-hybridized carbons (Fsp3) is 0.192. The summed E-state index contributed by atoms with van der Waals surface area (Å²) in [4.78, 5) is 29.3. The van der Waals surface area contributed by atoms with Crippen LogP contribution in [-0.4, -0.2) is 23.9 Å². The van der Waals surface area contributed by atoms with Crippen molar-refractivity contribution in [1.82, 2.24) is 10.3 Å². The summed E-state index contributed by atoms with van der Waals surface area (Å²) < 4.78 is 16.1. The van der Waals surface area contributed by atoms with Gasteiger partial charge in [0.1, 0.15) is 23.0 Å². The first-order valence-corrected chi connectivity index (χ1v) is 10.7. The number of carbonyl (C=O) groups excluding carboxylic acids is 2. The average Bonchev–Trinajstić information content (AvgIpc) is 3.43. The van der Waals surface area contributed by atoms with Gasteiger partial charge in [0.05, 0.1) is 31.9 Å². The molecule has 0 radical (unpaired) electrons. The molecule has 4 aromatic rings. The lowest BCUT2D eigenvalue weighted by molar-refractivity contribution is -0.115. The number of anilines is 1. The Hall–Kier alpha value is -4.33. The van der Waals surface area contributed by atoms with Gasteiger partial charge >= 0.3 is 0 Å². The molecule has 0 aliphatic carbocycles. The Labute approximate surface area is 197 Å². The highest BCUT2D eigenvalue weighted by atomic mass is 16.5. The van der Waals surface area contributed by atoms with E-state index in [0.717, 1.165) is 11.3 Å². The normalized spacial score (nSPS) is 10.7. The quantitative estimate of drug-likeness (QED) is 0.397. The predicted molar refractivity (Wildman–Crippen MR) is 127 cm³/mol. The Kier molecular flexibility index (Phi) is 6.77. The molecule has 0 saturated carbocycles. The number of aryl methyl sites for hydroxylation is 2. The van der Waals surface area contributed by atoms with Crippen LogP contribution in [0.2, 0.25) is 0 Å². The van der Waals surface area contributed by atoms with Crippen LogP contribution < -0.4 is 15.4 Å². The molecule has 2 amide bonds. The molecule has 174 valence electrons. The van der Waals surface area contributed by atoms with Crippen LogP contribution in [0, 0.1) is 13.8 Å². The number of oxazole rings is 1. The highest BCUT2D eigenvalue weighted by molar-refractivity contribution is 5.95. The smallest absolute Gasteiger partial charge is 0.255 e. The molecule has 4 rings (SSSR count). The number of ether oxygens (including phenoxy) is 1. The topological polar surface area (TPSA) is 107 Å². The van der Waals surface area contributed by atoms with E-state index in [2.05, 4.69) is 15.6 Å². The molecule has 0 bridgehead atoms. The zero-order valence-corrected chi connectivity index (χ0v) is 19.2. The van der Waals surface area contributed by atoms with Crippen molar-refractivity contribution in [2.45, 2.75) is 26.8 Å². The van der Waals surface area contributed by atoms with E-state index in [-0.39, 0.29) is 24.8 Å². The third-order valence-corrected chi connectivity index (χ3v) is 5.33. The summed E-state index contributed by atoms with van der Waals surface area (Å²) in [6, 6.07) is 16.3. The molecule has 0 atom stereocenters. The summed E-state index contributed by atoms with van der Waals surface area (Å²) in [5, 5.41) is 5.74. The van der Waals surface area contributed by atoms with Crippen molar-refractivity contribution in [2.75, 3.05) is 12.4 Å². The van der Waals surface area contributed by atoms with E-state index in [0.29, 0.717) is 39.9 Å². The van der Waals surface area contributed by atoms with Gasteiger partial charge in [-0.1, -0.05) is 18.2 Å². The van der Waals surface area contributed by atoms with E-state index < -0.39 is 0 Å². The molecule has 0 saturated heterocycles. The number of rotatable bonds is 8. The van der Waals surface area contributed by atoms with Gasteiger partial charge in [0.2, 0.25) is 11.8 Å². The number of furan rings is 1. The third-order valence-electron chi connectivity index (χ3n) is 5.33. The summed E-state index contributed by atoms with van der Waals surface area (Å²) in [6.45, 7) is 3.75. The minimum Gasteiger partial charge on any atom is -0.497 e. The monoisotopic (exact) mass is 459 g/mol. The number of amides is 2. The number of methoxy groups -OCH3 is 1. The largest absolute Gasteiger partial charge is 0.497 e. The van der Waals surface area contributed by atoms with Crippen LogP contribution in [0.1, 0.15) is 33.1 Å². The van der Waals surface area contributed by atoms with Crippen LogP contribution in [-0.2, 0) is 17.8 Å². The molecule has 0 unspecified atom stereocenters. The number of carbonyl (C=O) groups is 2. The summed E-state index contributed by atoms with van der Waals surface area (Å²) >= 11 is 0. The Bertz CT molecular complexity index is 1300. The van der Waals surface area contributed by atoms with Crippen molar-refractivity contribution in [3.8, 4) is 17.2 Å². The van der Waals surface area contributed by atoms with Crippen LogP contribution in [0.4, 0.5) is 5.69 Å². The lowest BCUT2D eigenvalue weighted by Gasteiger charge is -2.07. The second-order valence-electron chi connectivity index (χ2n) is 7.75. The zero-order valence-electron chi connectivity index (χ0n) is 19.2. The number of nitrogens with zero attached hydrogens (tertiary/aromatic N) is 1. The van der Waals surface area contributed by atoms with Gasteiger partial charge in [-0.25, -0.2) is 4.98 Å². The van der Waals surface area contributed by atoms with Crippen molar-refractivity contribution in [3.05, 3.63) is 89.2 Å². The fourth-order valence-corrected chi connectivity index (χ4v) is 3.46. The van der Waals surface area contributed by atoms with Gasteiger partial charge < -0.3 is 24.2 Å². The van der Waals surface area contributed by atoms with Crippen LogP contribution >= 0.6 is 0 Å². The molecule has 2 N–H and O–H groups in total. The van der Waals surface area contributed by atoms with Crippen LogP contribution in [0.15, 0.2) is 69.7 Å². The molecule has 0 aliphatic rings. The predicted octanol–water partition coefficient (Wildman–Crippen LogP) is 4.67. The number of nitrogens with one attached hydrogen (secondary N) is 2. The maximum Gasteiger partial charge on any atom is 0.255 e. The maximum atomic E-state index is 12.5. The molecule has 2 aromatic carbocycles. The molecular formula is C26H25N3O5. The molecule has 8 nitrogen and oxygen atoms in total. The molecule has 2 heterocycles. The molecule has 0 aliphatic heterocycles. The van der Waals surface area contributed by atoms with Crippen molar-refractivity contribution >= 4 is 17.5 Å². The van der Waals surface area contributed by atoms with E-state index in [9.17, 15) is 9.59 Å². The molecule has 0 fully saturated rings. The minimum absolute atomic E-state index is 0.135. The van der Waals surface area contributed by atoms with Crippen molar-refractivity contribution in [2.24, 2.45) is 0 Å². The summed E-state index contributed by atoms with van der Waals surface area (Å²) in [5.74, 6) is 1.94. The maximum absolute atomic E-state index is 12.5. The highest BCUT2D eigenvalue weighted by Crippen LogP contribution is 2.25. The lowest BCUT2D eigenvalue weighted by atomic mass is 10.1. The third kappa shape index (κ3) is 5.35. The van der Waals surface area contributed by atoms with Gasteiger partial charge in [-0.3, -0.25) is 9.59 Å². The van der Waals surface area contributed by atoms with Crippen LogP contribution in [0.25, 0.3) is 11.5 Å². The first kappa shape index (κ1) is 22.8. The van der Waals surface area contributed by atoms with Gasteiger partial charge in [0, 0.05) is 11.3 Å². The first-order chi connectivity index (χ1) is 16.4. The van der Waals surface area contributed by atoms with Gasteiger partial charge in [-0.05, 0) is 55.8 Å². The molecule has 2 aromatic heterocycles. The van der Waals surface area contributed by atoms with Crippen molar-refractivity contribution < 1.29 is 23.2 Å². The summed E-state index contributed by atoms with van der Waals surface area (Å²) in [6.07, 6.45) is 1.72. The van der Waals surface area contributed by atoms with Crippen molar-refractivity contribution in [3.63, 3.8) is 0 Å². The van der Waals surface area contributed by atoms with Gasteiger partial charge in [-0.2, -0.15) is 0 Å². The Balaban J connectivity index is 1.40. The van der Waals surface area contributed by atoms with Gasteiger partial charge in [0.15, 0.2) is 0 Å². The number of benzene rings is 2. The summed E-state index contributed by atoms with van der Waals surface area (Å²) in [7, 11) is 1.60. The first-order valence-electron chi connectivity index (χ1n) is 10.7. The molecule has 0 spiro atoms. The lowest BCUT2D eigenvalue weighted by Crippen LogP contribution is -2.23. The highest BCUT2D eigenvalue weighted by Gasteiger charge is 2.16. The Morgan fingerprint density at radius 2 is 1.82 bits per heavy atom. The second-order valence-corrected chi connectivity index (χ2v) is 7.75. The average molecular weight is 460 g/mol. The minimum atomic E-state index is -0.239. The molecule has 8 heteroatoms. The second kappa shape index (κ2) is 10.1. The van der Waals surface area contributed by atoms with Gasteiger partial charge in [0.25, 0.3) is 5.91 Å². The van der Waals surface area contributed by atoms with Crippen molar-refractivity contribution in [1.29, 1.82) is 0 Å². The zero-order chi connectivity index (χ0) is 24.1. The summed E-state index contributed by atoms with van der Waals surface area (Å²) in [5.41, 5.74) is 3.35. The number of hydrogen-bond acceptors (Lipinski definition) is 6. The standard InChI is InChI=1S/C26H25N3O5/c1-16-22(11-12-33-16)25(31)27-15-23-17(2)34-26(29-23)19-5-4-6-20(14-19)28-24(30)13-18-7-9-21(32-3)10-8-18/h4-12,14H,13,15H2,1-3H3,(H,27,31)(H,28,30). The van der Waals surface area contributed by atoms with E-state index in [4.69, 9.17) is 13.6 Å². The number of hydrogen-bond donors (Lipinski definition) is 2. The van der Waals surface area contributed by atoms with E-state index in [1.165, 1.54) is 6.26 Å². The van der Waals surface area contributed by atoms with E-state index >= 15 is 0 Å². The fourth-order valence-electron chi connectivity index (χ4n) is 3.46. The van der Waals surface area contributed by atoms with E-state index in [1.54, 1.807) is 39.2 Å².